The number of alkyl halides is 1. The van der Waals surface area contributed by atoms with Gasteiger partial charge in [-0.1, -0.05) is 64.5 Å². The van der Waals surface area contributed by atoms with E-state index >= 15 is 0 Å². The third-order valence-electron chi connectivity index (χ3n) is 7.44. The zero-order valence-corrected chi connectivity index (χ0v) is 21.7. The lowest BCUT2D eigenvalue weighted by molar-refractivity contribution is -0.145. The molecule has 2 aromatic carbocycles. The van der Waals surface area contributed by atoms with Crippen molar-refractivity contribution in [2.75, 3.05) is 11.9 Å². The first kappa shape index (κ1) is 24.9. The van der Waals surface area contributed by atoms with Crippen molar-refractivity contribution in [3.8, 4) is 0 Å². The SMILES string of the molecule is CC(C)NC(=O)C1N([C@H](CO)c2ccccc2)C(=O)[C@@H]2[C@@H](C(=O)Nc3ccccc3)[C@@H]3OC12CC3Br. The lowest BCUT2D eigenvalue weighted by Crippen LogP contribution is -2.57. The number of amides is 3. The standard InChI is InChI=1S/C27H30BrN3O5/c1-15(2)29-25(34)23-27-13-18(28)22(36-27)20(24(33)30-17-11-7-4-8-12-17)21(27)26(35)31(23)19(14-32)16-9-5-3-6-10-16/h3-12,15,18-23,32H,13-14H2,1-2H3,(H,29,34)(H,30,33)/t18?,19-,20-,21+,22-,23?,27?/m1/s1. The van der Waals surface area contributed by atoms with E-state index in [1.807, 2.05) is 62.4 Å². The van der Waals surface area contributed by atoms with E-state index in [9.17, 15) is 19.5 Å². The maximum atomic E-state index is 14.2. The molecule has 5 rings (SSSR count). The number of likely N-dealkylation sites (tertiary alicyclic amines) is 1. The fourth-order valence-electron chi connectivity index (χ4n) is 6.14. The molecule has 3 aliphatic rings. The van der Waals surface area contributed by atoms with E-state index in [4.69, 9.17) is 4.74 Å². The number of hydrogen-bond acceptors (Lipinski definition) is 5. The minimum atomic E-state index is -1.18. The van der Waals surface area contributed by atoms with Crippen molar-refractivity contribution in [3.05, 3.63) is 66.2 Å². The highest BCUT2D eigenvalue weighted by molar-refractivity contribution is 9.09. The summed E-state index contributed by atoms with van der Waals surface area (Å²) in [4.78, 5) is 42.7. The Balaban J connectivity index is 1.58. The molecule has 9 heteroatoms. The van der Waals surface area contributed by atoms with Gasteiger partial charge in [-0.3, -0.25) is 14.4 Å². The molecule has 2 aromatic rings. The van der Waals surface area contributed by atoms with Crippen molar-refractivity contribution in [2.45, 2.75) is 54.9 Å². The van der Waals surface area contributed by atoms with Crippen molar-refractivity contribution >= 4 is 39.3 Å². The molecule has 3 heterocycles. The number of aliphatic hydroxyl groups excluding tert-OH is 1. The average Bonchev–Trinajstić information content (AvgIpc) is 3.44. The van der Waals surface area contributed by atoms with Crippen molar-refractivity contribution in [2.24, 2.45) is 11.8 Å². The number of aliphatic hydroxyl groups is 1. The fraction of sp³-hybridized carbons (Fsp3) is 0.444. The Morgan fingerprint density at radius 1 is 1.11 bits per heavy atom. The third-order valence-corrected chi connectivity index (χ3v) is 8.29. The number of halogens is 1. The predicted octanol–water partition coefficient (Wildman–Crippen LogP) is 2.63. The number of nitrogens with zero attached hydrogens (tertiary/aromatic N) is 1. The second-order valence-electron chi connectivity index (χ2n) is 10.0. The van der Waals surface area contributed by atoms with E-state index in [-0.39, 0.29) is 35.2 Å². The number of fused-ring (bicyclic) bond motifs is 1. The van der Waals surface area contributed by atoms with Crippen LogP contribution in [0.4, 0.5) is 5.69 Å². The van der Waals surface area contributed by atoms with Gasteiger partial charge in [-0.05, 0) is 38.0 Å². The van der Waals surface area contributed by atoms with Crippen LogP contribution in [-0.4, -0.2) is 63.0 Å². The lowest BCUT2D eigenvalue weighted by atomic mass is 9.70. The molecule has 2 bridgehead atoms. The second-order valence-corrected chi connectivity index (χ2v) is 11.2. The summed E-state index contributed by atoms with van der Waals surface area (Å²) in [7, 11) is 0. The van der Waals surface area contributed by atoms with Crippen molar-refractivity contribution in [1.29, 1.82) is 0 Å². The van der Waals surface area contributed by atoms with E-state index in [1.165, 1.54) is 4.90 Å². The third kappa shape index (κ3) is 3.93. The molecule has 190 valence electrons. The summed E-state index contributed by atoms with van der Waals surface area (Å²) in [6.45, 7) is 3.34. The van der Waals surface area contributed by atoms with Gasteiger partial charge in [-0.15, -0.1) is 0 Å². The highest BCUT2D eigenvalue weighted by Crippen LogP contribution is 2.61. The van der Waals surface area contributed by atoms with Crippen LogP contribution in [0.2, 0.25) is 0 Å². The molecule has 3 unspecified atom stereocenters. The minimum absolute atomic E-state index is 0.162. The van der Waals surface area contributed by atoms with Crippen LogP contribution in [0.5, 0.6) is 0 Å². The number of hydrogen-bond donors (Lipinski definition) is 3. The van der Waals surface area contributed by atoms with Gasteiger partial charge in [-0.2, -0.15) is 0 Å². The van der Waals surface area contributed by atoms with Gasteiger partial charge in [0.25, 0.3) is 0 Å². The van der Waals surface area contributed by atoms with Gasteiger partial charge < -0.3 is 25.4 Å². The summed E-state index contributed by atoms with van der Waals surface area (Å²) in [5.74, 6) is -2.65. The molecule has 0 aliphatic carbocycles. The van der Waals surface area contributed by atoms with Gasteiger partial charge in [0.1, 0.15) is 11.6 Å². The van der Waals surface area contributed by atoms with Crippen LogP contribution in [0.1, 0.15) is 31.9 Å². The Bertz CT molecular complexity index is 1150. The van der Waals surface area contributed by atoms with Gasteiger partial charge in [0.15, 0.2) is 0 Å². The summed E-state index contributed by atoms with van der Waals surface area (Å²) in [6.07, 6.45) is -0.147. The van der Waals surface area contributed by atoms with Crippen LogP contribution in [0.15, 0.2) is 60.7 Å². The smallest absolute Gasteiger partial charge is 0.246 e. The van der Waals surface area contributed by atoms with Gasteiger partial charge in [-0.25, -0.2) is 0 Å². The number of carbonyl (C=O) groups is 3. The van der Waals surface area contributed by atoms with Gasteiger partial charge in [0, 0.05) is 16.6 Å². The fourth-order valence-corrected chi connectivity index (χ4v) is 7.09. The van der Waals surface area contributed by atoms with E-state index in [1.54, 1.807) is 12.1 Å². The Morgan fingerprint density at radius 3 is 2.36 bits per heavy atom. The average molecular weight is 556 g/mol. The van der Waals surface area contributed by atoms with E-state index in [0.29, 0.717) is 17.7 Å². The first-order valence-electron chi connectivity index (χ1n) is 12.2. The molecule has 1 spiro atoms. The van der Waals surface area contributed by atoms with Crippen molar-refractivity contribution < 1.29 is 24.2 Å². The van der Waals surface area contributed by atoms with Crippen molar-refractivity contribution in [3.63, 3.8) is 0 Å². The first-order chi connectivity index (χ1) is 17.3. The molecule has 36 heavy (non-hydrogen) atoms. The second kappa shape index (κ2) is 9.61. The number of ether oxygens (including phenoxy) is 1. The molecule has 0 aromatic heterocycles. The number of benzene rings is 2. The van der Waals surface area contributed by atoms with Crippen LogP contribution in [-0.2, 0) is 19.1 Å². The molecule has 3 saturated heterocycles. The van der Waals surface area contributed by atoms with Gasteiger partial charge in [0.2, 0.25) is 17.7 Å². The number of rotatable bonds is 7. The molecule has 3 N–H and O–H groups in total. The number of para-hydroxylation sites is 1. The molecular weight excluding hydrogens is 526 g/mol. The predicted molar refractivity (Wildman–Crippen MR) is 137 cm³/mol. The van der Waals surface area contributed by atoms with Crippen LogP contribution < -0.4 is 10.6 Å². The molecule has 8 nitrogen and oxygen atoms in total. The molecule has 3 aliphatic heterocycles. The summed E-state index contributed by atoms with van der Waals surface area (Å²) >= 11 is 3.67. The molecule has 0 saturated carbocycles. The summed E-state index contributed by atoms with van der Waals surface area (Å²) in [5, 5.41) is 16.3. The molecule has 3 fully saturated rings. The number of carbonyl (C=O) groups excluding carboxylic acids is 3. The summed E-state index contributed by atoms with van der Waals surface area (Å²) < 4.78 is 6.50. The maximum Gasteiger partial charge on any atom is 0.246 e. The molecule has 3 amide bonds. The topological polar surface area (TPSA) is 108 Å². The Kier molecular flexibility index (Phi) is 6.65. The lowest BCUT2D eigenvalue weighted by Gasteiger charge is -2.37. The minimum Gasteiger partial charge on any atom is -0.394 e. The Labute approximate surface area is 218 Å². The zero-order valence-electron chi connectivity index (χ0n) is 20.1. The van der Waals surface area contributed by atoms with Crippen LogP contribution >= 0.6 is 15.9 Å². The Morgan fingerprint density at radius 2 is 1.75 bits per heavy atom. The van der Waals surface area contributed by atoms with Crippen LogP contribution in [0, 0.1) is 11.8 Å². The normalized spacial score (nSPS) is 31.4. The van der Waals surface area contributed by atoms with Crippen molar-refractivity contribution in [1.82, 2.24) is 10.2 Å². The summed E-state index contributed by atoms with van der Waals surface area (Å²) in [6, 6.07) is 16.3. The van der Waals surface area contributed by atoms with Gasteiger partial charge in [0.05, 0.1) is 30.6 Å². The van der Waals surface area contributed by atoms with Gasteiger partial charge >= 0.3 is 0 Å². The number of anilines is 1. The first-order valence-corrected chi connectivity index (χ1v) is 13.2. The largest absolute Gasteiger partial charge is 0.394 e. The maximum absolute atomic E-state index is 14.2. The number of nitrogens with one attached hydrogen (secondary N) is 2. The Hall–Kier alpha value is -2.75. The van der Waals surface area contributed by atoms with Crippen LogP contribution in [0.25, 0.3) is 0 Å². The van der Waals surface area contributed by atoms with E-state index in [0.717, 1.165) is 0 Å². The van der Waals surface area contributed by atoms with E-state index < -0.39 is 35.6 Å². The monoisotopic (exact) mass is 555 g/mol. The molecule has 0 radical (unpaired) electrons. The van der Waals surface area contributed by atoms with Crippen LogP contribution in [0.3, 0.4) is 0 Å². The highest BCUT2D eigenvalue weighted by Gasteiger charge is 2.77. The molecular formula is C27H30BrN3O5. The zero-order chi connectivity index (χ0) is 25.6. The quantitative estimate of drug-likeness (QED) is 0.455. The highest BCUT2D eigenvalue weighted by atomic mass is 79.9. The molecule has 7 atom stereocenters. The van der Waals surface area contributed by atoms with E-state index in [2.05, 4.69) is 26.6 Å². The summed E-state index contributed by atoms with van der Waals surface area (Å²) in [5.41, 5.74) is 0.150.